The van der Waals surface area contributed by atoms with Crippen molar-refractivity contribution in [3.63, 3.8) is 0 Å². The summed E-state index contributed by atoms with van der Waals surface area (Å²) in [6.07, 6.45) is -4.21. The third-order valence-electron chi connectivity index (χ3n) is 0.308. The highest BCUT2D eigenvalue weighted by Gasteiger charge is 2.29. The Kier molecular flexibility index (Phi) is 2.09. The van der Waals surface area contributed by atoms with Gasteiger partial charge in [0.25, 0.3) is 0 Å². The van der Waals surface area contributed by atoms with Crippen LogP contribution in [0.2, 0.25) is 0 Å². The summed E-state index contributed by atoms with van der Waals surface area (Å²) in [4.78, 5) is 0. The average Bonchev–Trinajstić information content (AvgIpc) is 1.31. The van der Waals surface area contributed by atoms with E-state index in [9.17, 15) is 13.2 Å². The Morgan fingerprint density at radius 2 is 1.57 bits per heavy atom. The maximum Gasteiger partial charge on any atom is 0.421 e. The summed E-state index contributed by atoms with van der Waals surface area (Å²) in [6, 6.07) is 0. The van der Waals surface area contributed by atoms with E-state index in [4.69, 9.17) is 0 Å². The summed E-state index contributed by atoms with van der Waals surface area (Å²) < 4.78 is 32.4. The smallest absolute Gasteiger partial charge is 0.166 e. The van der Waals surface area contributed by atoms with Crippen molar-refractivity contribution in [2.45, 2.75) is 6.18 Å². The standard InChI is InChI=1S/C3H2F3I/c1-2(7)3(4,5)6/h1H2. The van der Waals surface area contributed by atoms with Crippen molar-refractivity contribution in [2.24, 2.45) is 0 Å². The predicted octanol–water partition coefficient (Wildman–Crippen LogP) is 2.50. The molecule has 0 rings (SSSR count). The molecule has 0 aliphatic rings. The fourth-order valence-corrected chi connectivity index (χ4v) is 0. The molecule has 0 aliphatic heterocycles. The summed E-state index contributed by atoms with van der Waals surface area (Å²) in [5.74, 6) is 0. The second-order valence-corrected chi connectivity index (χ2v) is 2.20. The van der Waals surface area contributed by atoms with Crippen molar-refractivity contribution >= 4 is 22.6 Å². The van der Waals surface area contributed by atoms with Crippen LogP contribution >= 0.6 is 22.6 Å². The monoisotopic (exact) mass is 222 g/mol. The van der Waals surface area contributed by atoms with Gasteiger partial charge in [-0.25, -0.2) is 0 Å². The molecule has 0 amide bonds. The molecule has 0 nitrogen and oxygen atoms in total. The van der Waals surface area contributed by atoms with E-state index in [0.29, 0.717) is 0 Å². The third-order valence-corrected chi connectivity index (χ3v) is 0.919. The van der Waals surface area contributed by atoms with Crippen molar-refractivity contribution in [2.75, 3.05) is 0 Å². The molecule has 0 radical (unpaired) electrons. The molecule has 0 atom stereocenters. The van der Waals surface area contributed by atoms with E-state index in [1.807, 2.05) is 0 Å². The second kappa shape index (κ2) is 2.02. The van der Waals surface area contributed by atoms with Crippen LogP contribution in [0.15, 0.2) is 10.2 Å². The first-order valence-corrected chi connectivity index (χ1v) is 2.44. The van der Waals surface area contributed by atoms with E-state index in [0.717, 1.165) is 22.6 Å². The van der Waals surface area contributed by atoms with Crippen LogP contribution in [0.1, 0.15) is 0 Å². The zero-order valence-electron chi connectivity index (χ0n) is 3.22. The molecule has 42 valence electrons. The van der Waals surface area contributed by atoms with E-state index >= 15 is 0 Å². The Hall–Kier alpha value is 0.260. The van der Waals surface area contributed by atoms with Crippen LogP contribution in [-0.2, 0) is 0 Å². The Morgan fingerprint density at radius 3 is 1.57 bits per heavy atom. The van der Waals surface area contributed by atoms with Gasteiger partial charge in [-0.2, -0.15) is 13.2 Å². The molecule has 0 aromatic carbocycles. The molecule has 0 aromatic heterocycles. The highest BCUT2D eigenvalue weighted by molar-refractivity contribution is 14.1. The largest absolute Gasteiger partial charge is 0.421 e. The molecule has 0 saturated carbocycles. The summed E-state index contributed by atoms with van der Waals surface area (Å²) in [7, 11) is 0. The van der Waals surface area contributed by atoms with Crippen LogP contribution < -0.4 is 0 Å². The zero-order chi connectivity index (χ0) is 6.08. The zero-order valence-corrected chi connectivity index (χ0v) is 5.38. The van der Waals surface area contributed by atoms with Gasteiger partial charge in [-0.05, 0) is 22.6 Å². The Bertz CT molecular complexity index is 82.7. The molecular weight excluding hydrogens is 220 g/mol. The van der Waals surface area contributed by atoms with Gasteiger partial charge in [-0.3, -0.25) is 0 Å². The highest BCUT2D eigenvalue weighted by Crippen LogP contribution is 2.28. The van der Waals surface area contributed by atoms with Crippen molar-refractivity contribution in [1.82, 2.24) is 0 Å². The van der Waals surface area contributed by atoms with Crippen LogP contribution in [0.5, 0.6) is 0 Å². The third kappa shape index (κ3) is 2.90. The van der Waals surface area contributed by atoms with Crippen molar-refractivity contribution in [3.05, 3.63) is 10.2 Å². The van der Waals surface area contributed by atoms with Crippen molar-refractivity contribution < 1.29 is 13.2 Å². The van der Waals surface area contributed by atoms with Gasteiger partial charge < -0.3 is 0 Å². The van der Waals surface area contributed by atoms with E-state index < -0.39 is 9.76 Å². The SMILES string of the molecule is C=C(I)C(F)(F)F. The van der Waals surface area contributed by atoms with Gasteiger partial charge in [0, 0.05) is 0 Å². The van der Waals surface area contributed by atoms with Gasteiger partial charge >= 0.3 is 6.18 Å². The molecular formula is C3H2F3I. The maximum absolute atomic E-state index is 11.1. The summed E-state index contributed by atoms with van der Waals surface area (Å²) >= 11 is 1.13. The number of alkyl halides is 3. The molecule has 0 saturated heterocycles. The number of rotatable bonds is 0. The minimum Gasteiger partial charge on any atom is -0.166 e. The number of hydrogen-bond acceptors (Lipinski definition) is 0. The molecule has 0 spiro atoms. The number of hydrogen-bond donors (Lipinski definition) is 0. The Balaban J connectivity index is 3.79. The average molecular weight is 222 g/mol. The maximum atomic E-state index is 11.1. The fourth-order valence-electron chi connectivity index (χ4n) is 0. The molecule has 4 heteroatoms. The number of allylic oxidation sites excluding steroid dienone is 1. The van der Waals surface area contributed by atoms with E-state index in [-0.39, 0.29) is 0 Å². The number of halogens is 4. The van der Waals surface area contributed by atoms with Gasteiger partial charge in [-0.15, -0.1) is 0 Å². The van der Waals surface area contributed by atoms with Crippen LogP contribution in [0.25, 0.3) is 0 Å². The van der Waals surface area contributed by atoms with Crippen molar-refractivity contribution in [1.29, 1.82) is 0 Å². The van der Waals surface area contributed by atoms with Gasteiger partial charge in [0.15, 0.2) is 0 Å². The first-order valence-electron chi connectivity index (χ1n) is 1.36. The lowest BCUT2D eigenvalue weighted by molar-refractivity contribution is -0.0814. The highest BCUT2D eigenvalue weighted by atomic mass is 127. The lowest BCUT2D eigenvalue weighted by Crippen LogP contribution is -2.04. The van der Waals surface area contributed by atoms with Gasteiger partial charge in [-0.1, -0.05) is 6.58 Å². The minimum atomic E-state index is -4.21. The second-order valence-electron chi connectivity index (χ2n) is 0.903. The van der Waals surface area contributed by atoms with Crippen LogP contribution in [0.4, 0.5) is 13.2 Å². The van der Waals surface area contributed by atoms with E-state index in [1.54, 1.807) is 0 Å². The molecule has 0 unspecified atom stereocenters. The van der Waals surface area contributed by atoms with E-state index in [2.05, 4.69) is 6.58 Å². The summed E-state index contributed by atoms with van der Waals surface area (Å²) in [5.41, 5.74) is 0. The minimum absolute atomic E-state index is 0.787. The quantitative estimate of drug-likeness (QED) is 0.552. The topological polar surface area (TPSA) is 0 Å². The lowest BCUT2D eigenvalue weighted by atomic mass is 10.6. The van der Waals surface area contributed by atoms with Gasteiger partial charge in [0.05, 0.1) is 3.58 Å². The lowest BCUT2D eigenvalue weighted by Gasteiger charge is -1.99. The molecule has 0 aliphatic carbocycles. The van der Waals surface area contributed by atoms with Gasteiger partial charge in [0.2, 0.25) is 0 Å². The van der Waals surface area contributed by atoms with Crippen LogP contribution in [0.3, 0.4) is 0 Å². The molecule has 0 aromatic rings. The van der Waals surface area contributed by atoms with Crippen molar-refractivity contribution in [3.8, 4) is 0 Å². The Morgan fingerprint density at radius 1 is 1.43 bits per heavy atom. The fraction of sp³-hybridized carbons (Fsp3) is 0.333. The van der Waals surface area contributed by atoms with Crippen LogP contribution in [-0.4, -0.2) is 6.18 Å². The van der Waals surface area contributed by atoms with Crippen LogP contribution in [0, 0.1) is 0 Å². The predicted molar refractivity (Wildman–Crippen MR) is 29.2 cm³/mol. The van der Waals surface area contributed by atoms with Gasteiger partial charge in [0.1, 0.15) is 0 Å². The molecule has 0 N–H and O–H groups in total. The first-order chi connectivity index (χ1) is 2.94. The molecule has 7 heavy (non-hydrogen) atoms. The summed E-state index contributed by atoms with van der Waals surface area (Å²) in [6.45, 7) is 2.69. The molecule has 0 bridgehead atoms. The molecule has 0 fully saturated rings. The normalized spacial score (nSPS) is 11.4. The summed E-state index contributed by atoms with van der Waals surface area (Å²) in [5, 5.41) is 0. The van der Waals surface area contributed by atoms with E-state index in [1.165, 1.54) is 0 Å². The first kappa shape index (κ1) is 7.26. The Labute approximate surface area is 52.5 Å². The molecule has 0 heterocycles.